The standard InChI is InChI=1S/C18H19N5O2/c1-11-10-13(15(19)12-5-6-20-16(11)12)21-17-14-4-2-3-7-23(14)22-18(17)25-9-8-24/h2-7,10,12,16,19-20,24H,8-9H2,1H3. The van der Waals surface area contributed by atoms with E-state index in [0.29, 0.717) is 23.0 Å². The van der Waals surface area contributed by atoms with Crippen LogP contribution in [0, 0.1) is 11.3 Å². The van der Waals surface area contributed by atoms with Crippen molar-refractivity contribution < 1.29 is 9.84 Å². The Morgan fingerprint density at radius 3 is 3.16 bits per heavy atom. The third kappa shape index (κ3) is 2.62. The van der Waals surface area contributed by atoms with Crippen LogP contribution in [0.4, 0.5) is 5.69 Å². The van der Waals surface area contributed by atoms with Crippen LogP contribution in [0.2, 0.25) is 0 Å². The molecule has 0 amide bonds. The zero-order chi connectivity index (χ0) is 17.4. The highest BCUT2D eigenvalue weighted by atomic mass is 16.5. The van der Waals surface area contributed by atoms with E-state index >= 15 is 0 Å². The fraction of sp³-hybridized carbons (Fsp3) is 0.278. The van der Waals surface area contributed by atoms with E-state index in [1.165, 1.54) is 0 Å². The van der Waals surface area contributed by atoms with Gasteiger partial charge in [0, 0.05) is 12.1 Å². The summed E-state index contributed by atoms with van der Waals surface area (Å²) in [7, 11) is 0. The quantitative estimate of drug-likeness (QED) is 0.793. The van der Waals surface area contributed by atoms with E-state index < -0.39 is 0 Å². The number of ether oxygens (including phenoxy) is 1. The number of aliphatic imine (C=N–C) groups is 1. The van der Waals surface area contributed by atoms with Gasteiger partial charge in [0.25, 0.3) is 5.88 Å². The summed E-state index contributed by atoms with van der Waals surface area (Å²) in [4.78, 5) is 4.72. The second-order valence-electron chi connectivity index (χ2n) is 6.08. The van der Waals surface area contributed by atoms with Crippen LogP contribution in [0.3, 0.4) is 0 Å². The van der Waals surface area contributed by atoms with E-state index in [-0.39, 0.29) is 25.2 Å². The summed E-state index contributed by atoms with van der Waals surface area (Å²) in [6, 6.07) is 5.82. The van der Waals surface area contributed by atoms with Crippen LogP contribution < -0.4 is 10.1 Å². The van der Waals surface area contributed by atoms with Crippen molar-refractivity contribution in [3.05, 3.63) is 48.3 Å². The zero-order valence-electron chi connectivity index (χ0n) is 13.8. The molecule has 2 aromatic rings. The predicted molar refractivity (Wildman–Crippen MR) is 95.9 cm³/mol. The van der Waals surface area contributed by atoms with E-state index in [2.05, 4.69) is 10.4 Å². The fourth-order valence-corrected chi connectivity index (χ4v) is 3.23. The summed E-state index contributed by atoms with van der Waals surface area (Å²) < 4.78 is 7.24. The van der Waals surface area contributed by atoms with Crippen LogP contribution in [0.1, 0.15) is 6.92 Å². The number of pyridine rings is 1. The molecule has 1 aliphatic heterocycles. The molecule has 2 aliphatic rings. The van der Waals surface area contributed by atoms with Crippen molar-refractivity contribution in [1.29, 1.82) is 5.41 Å². The maximum absolute atomic E-state index is 9.04. The SMILES string of the molecule is CC1=CC(=Nc2c(OCCO)nn3ccccc23)C(=N)C2C=CNC12. The first-order chi connectivity index (χ1) is 12.2. The molecular formula is C18H19N5O2. The molecule has 7 nitrogen and oxygen atoms in total. The van der Waals surface area contributed by atoms with Crippen molar-refractivity contribution in [2.24, 2.45) is 10.9 Å². The Hall–Kier alpha value is -2.93. The Balaban J connectivity index is 1.82. The number of aliphatic hydroxyl groups is 1. The molecule has 25 heavy (non-hydrogen) atoms. The van der Waals surface area contributed by atoms with Gasteiger partial charge in [0.05, 0.1) is 29.6 Å². The van der Waals surface area contributed by atoms with Gasteiger partial charge in [0.1, 0.15) is 6.61 Å². The number of hydrogen-bond acceptors (Lipinski definition) is 6. The minimum Gasteiger partial charge on any atom is -0.473 e. The Morgan fingerprint density at radius 1 is 1.44 bits per heavy atom. The maximum Gasteiger partial charge on any atom is 0.260 e. The molecule has 4 rings (SSSR count). The van der Waals surface area contributed by atoms with Gasteiger partial charge in [-0.3, -0.25) is 0 Å². The average molecular weight is 337 g/mol. The Labute approximate surface area is 144 Å². The van der Waals surface area contributed by atoms with Crippen LogP contribution >= 0.6 is 0 Å². The molecule has 7 heteroatoms. The predicted octanol–water partition coefficient (Wildman–Crippen LogP) is 1.86. The highest BCUT2D eigenvalue weighted by molar-refractivity contribution is 6.48. The molecule has 0 bridgehead atoms. The van der Waals surface area contributed by atoms with E-state index in [0.717, 1.165) is 11.1 Å². The third-order valence-corrected chi connectivity index (χ3v) is 4.45. The van der Waals surface area contributed by atoms with Gasteiger partial charge in [-0.05, 0) is 36.9 Å². The van der Waals surface area contributed by atoms with Crippen molar-refractivity contribution in [1.82, 2.24) is 14.9 Å². The lowest BCUT2D eigenvalue weighted by molar-refractivity contribution is 0.197. The van der Waals surface area contributed by atoms with Gasteiger partial charge in [0.15, 0.2) is 5.69 Å². The lowest BCUT2D eigenvalue weighted by atomic mass is 9.83. The van der Waals surface area contributed by atoms with Crippen molar-refractivity contribution in [2.75, 3.05) is 13.2 Å². The largest absolute Gasteiger partial charge is 0.473 e. The summed E-state index contributed by atoms with van der Waals surface area (Å²) in [5, 5.41) is 25.2. The molecule has 3 heterocycles. The number of aromatic nitrogens is 2. The van der Waals surface area contributed by atoms with Crippen LogP contribution in [-0.2, 0) is 0 Å². The molecule has 0 fully saturated rings. The molecule has 0 saturated carbocycles. The summed E-state index contributed by atoms with van der Waals surface area (Å²) in [6.07, 6.45) is 7.65. The minimum atomic E-state index is -0.0983. The average Bonchev–Trinajstić information content (AvgIpc) is 3.23. The second kappa shape index (κ2) is 6.18. The number of nitrogens with zero attached hydrogens (tertiary/aromatic N) is 3. The molecule has 0 radical (unpaired) electrons. The molecule has 0 saturated heterocycles. The van der Waals surface area contributed by atoms with Gasteiger partial charge in [0.2, 0.25) is 0 Å². The van der Waals surface area contributed by atoms with Crippen molar-refractivity contribution in [2.45, 2.75) is 13.0 Å². The van der Waals surface area contributed by atoms with Gasteiger partial charge in [-0.1, -0.05) is 12.1 Å². The molecule has 128 valence electrons. The van der Waals surface area contributed by atoms with Crippen LogP contribution in [0.15, 0.2) is 53.3 Å². The van der Waals surface area contributed by atoms with E-state index in [9.17, 15) is 0 Å². The molecule has 2 unspecified atom stereocenters. The lowest BCUT2D eigenvalue weighted by Gasteiger charge is -2.26. The first-order valence-corrected chi connectivity index (χ1v) is 8.18. The van der Waals surface area contributed by atoms with Crippen LogP contribution in [0.25, 0.3) is 5.52 Å². The third-order valence-electron chi connectivity index (χ3n) is 4.45. The number of fused-ring (bicyclic) bond motifs is 2. The van der Waals surface area contributed by atoms with E-state index in [1.54, 1.807) is 4.52 Å². The highest BCUT2D eigenvalue weighted by Crippen LogP contribution is 2.34. The van der Waals surface area contributed by atoms with Crippen molar-refractivity contribution in [3.63, 3.8) is 0 Å². The van der Waals surface area contributed by atoms with Gasteiger partial charge in [-0.15, -0.1) is 5.10 Å². The summed E-state index contributed by atoms with van der Waals surface area (Å²) in [6.45, 7) is 2.09. The Bertz CT molecular complexity index is 925. The first kappa shape index (κ1) is 15.6. The van der Waals surface area contributed by atoms with Gasteiger partial charge >= 0.3 is 0 Å². The lowest BCUT2D eigenvalue weighted by Crippen LogP contribution is -2.39. The van der Waals surface area contributed by atoms with Crippen molar-refractivity contribution >= 4 is 22.6 Å². The summed E-state index contributed by atoms with van der Waals surface area (Å²) in [5.74, 6) is 0.348. The van der Waals surface area contributed by atoms with Gasteiger partial charge < -0.3 is 20.6 Å². The highest BCUT2D eigenvalue weighted by Gasteiger charge is 2.33. The summed E-state index contributed by atoms with van der Waals surface area (Å²) >= 11 is 0. The van der Waals surface area contributed by atoms with Gasteiger partial charge in [-0.25, -0.2) is 9.51 Å². The monoisotopic (exact) mass is 337 g/mol. The number of rotatable bonds is 4. The summed E-state index contributed by atoms with van der Waals surface area (Å²) in [5.41, 5.74) is 3.59. The number of nitrogens with one attached hydrogen (secondary N) is 2. The first-order valence-electron chi connectivity index (χ1n) is 8.18. The Morgan fingerprint density at radius 2 is 2.32 bits per heavy atom. The zero-order valence-corrected chi connectivity index (χ0v) is 13.8. The molecule has 2 aromatic heterocycles. The normalized spacial score (nSPS) is 23.7. The molecule has 2 atom stereocenters. The smallest absolute Gasteiger partial charge is 0.260 e. The van der Waals surface area contributed by atoms with Crippen LogP contribution in [0.5, 0.6) is 5.88 Å². The maximum atomic E-state index is 9.04. The number of hydrogen-bond donors (Lipinski definition) is 3. The van der Waals surface area contributed by atoms with E-state index in [4.69, 9.17) is 20.2 Å². The molecule has 0 aromatic carbocycles. The fourth-order valence-electron chi connectivity index (χ4n) is 3.23. The number of aliphatic hydroxyl groups excluding tert-OH is 1. The van der Waals surface area contributed by atoms with Crippen LogP contribution in [-0.4, -0.2) is 45.4 Å². The second-order valence-corrected chi connectivity index (χ2v) is 6.08. The van der Waals surface area contributed by atoms with Crippen molar-refractivity contribution in [3.8, 4) is 5.88 Å². The molecule has 3 N–H and O–H groups in total. The molecular weight excluding hydrogens is 318 g/mol. The van der Waals surface area contributed by atoms with E-state index in [1.807, 2.05) is 49.7 Å². The topological polar surface area (TPSA) is 95.0 Å². The molecule has 0 spiro atoms. The minimum absolute atomic E-state index is 0.00704. The number of allylic oxidation sites excluding steroid dienone is 1. The Kier molecular flexibility index (Phi) is 3.85. The molecule has 1 aliphatic carbocycles. The van der Waals surface area contributed by atoms with Gasteiger partial charge in [-0.2, -0.15) is 0 Å².